The van der Waals surface area contributed by atoms with Gasteiger partial charge in [-0.05, 0) is 18.6 Å². The van der Waals surface area contributed by atoms with Crippen LogP contribution in [0.2, 0.25) is 0 Å². The lowest BCUT2D eigenvalue weighted by molar-refractivity contribution is 0.617. The highest BCUT2D eigenvalue weighted by Crippen LogP contribution is 2.25. The summed E-state index contributed by atoms with van der Waals surface area (Å²) in [4.78, 5) is 28.9. The van der Waals surface area contributed by atoms with Crippen LogP contribution < -0.4 is 11.2 Å². The molecule has 0 aliphatic rings. The van der Waals surface area contributed by atoms with E-state index in [1.165, 1.54) is 29.4 Å². The van der Waals surface area contributed by atoms with Gasteiger partial charge in [-0.15, -0.1) is 0 Å². The molecule has 24 heavy (non-hydrogen) atoms. The van der Waals surface area contributed by atoms with Gasteiger partial charge in [0.2, 0.25) is 0 Å². The van der Waals surface area contributed by atoms with Crippen LogP contribution in [0.5, 0.6) is 0 Å². The van der Waals surface area contributed by atoms with Gasteiger partial charge in [0, 0.05) is 26.4 Å². The molecule has 0 fully saturated rings. The molecule has 0 amide bonds. The first-order valence-electron chi connectivity index (χ1n) is 7.48. The smallest absolute Gasteiger partial charge is 0.313 e. The molecular weight excluding hydrogens is 331 g/mol. The molecule has 6 nitrogen and oxygen atoms in total. The zero-order valence-corrected chi connectivity index (χ0v) is 14.4. The van der Waals surface area contributed by atoms with E-state index in [9.17, 15) is 14.0 Å². The monoisotopic (exact) mass is 348 g/mol. The maximum Gasteiger partial charge on any atom is 0.332 e. The molecule has 2 aromatic heterocycles. The van der Waals surface area contributed by atoms with Gasteiger partial charge in [0.15, 0.2) is 16.3 Å². The first-order valence-corrected chi connectivity index (χ1v) is 8.46. The Hall–Kier alpha value is -2.35. The molecule has 3 aromatic rings. The molecule has 0 spiro atoms. The SMILES string of the molecule is CCn1c(SCc2ccccc2F)nc2c1c(=O)n(C)c(=O)n2C. The molecule has 0 saturated carbocycles. The Labute approximate surface area is 141 Å². The van der Waals surface area contributed by atoms with E-state index in [4.69, 9.17) is 0 Å². The number of thioether (sulfide) groups is 1. The van der Waals surface area contributed by atoms with Crippen LogP contribution in [0.15, 0.2) is 39.0 Å². The highest BCUT2D eigenvalue weighted by Gasteiger charge is 2.18. The Balaban J connectivity index is 2.11. The Morgan fingerprint density at radius 2 is 1.88 bits per heavy atom. The molecule has 0 saturated heterocycles. The van der Waals surface area contributed by atoms with Crippen molar-refractivity contribution in [2.45, 2.75) is 24.4 Å². The molecule has 0 bridgehead atoms. The van der Waals surface area contributed by atoms with Crippen LogP contribution in [0.3, 0.4) is 0 Å². The highest BCUT2D eigenvalue weighted by atomic mass is 32.2. The van der Waals surface area contributed by atoms with E-state index >= 15 is 0 Å². The number of hydrogen-bond donors (Lipinski definition) is 0. The minimum Gasteiger partial charge on any atom is -0.313 e. The lowest BCUT2D eigenvalue weighted by Crippen LogP contribution is -2.37. The molecule has 0 radical (unpaired) electrons. The molecular formula is C16H17FN4O2S. The zero-order chi connectivity index (χ0) is 17.4. The van der Waals surface area contributed by atoms with Crippen LogP contribution in [0.25, 0.3) is 11.2 Å². The van der Waals surface area contributed by atoms with Gasteiger partial charge >= 0.3 is 5.69 Å². The van der Waals surface area contributed by atoms with E-state index in [2.05, 4.69) is 4.98 Å². The van der Waals surface area contributed by atoms with Crippen LogP contribution in [-0.2, 0) is 26.4 Å². The van der Waals surface area contributed by atoms with Gasteiger partial charge in [-0.25, -0.2) is 14.2 Å². The minimum atomic E-state index is -0.418. The number of rotatable bonds is 4. The summed E-state index contributed by atoms with van der Waals surface area (Å²) in [6.45, 7) is 2.43. The first kappa shape index (κ1) is 16.5. The van der Waals surface area contributed by atoms with Gasteiger partial charge < -0.3 is 4.57 Å². The fourth-order valence-electron chi connectivity index (χ4n) is 2.59. The number of aromatic nitrogens is 4. The third-order valence-corrected chi connectivity index (χ3v) is 4.97. The Morgan fingerprint density at radius 1 is 1.17 bits per heavy atom. The van der Waals surface area contributed by atoms with E-state index in [1.807, 2.05) is 6.92 Å². The van der Waals surface area contributed by atoms with E-state index < -0.39 is 5.69 Å². The van der Waals surface area contributed by atoms with Crippen LogP contribution in [0.4, 0.5) is 4.39 Å². The molecule has 0 N–H and O–H groups in total. The van der Waals surface area contributed by atoms with Crippen LogP contribution in [0, 0.1) is 5.82 Å². The predicted molar refractivity (Wildman–Crippen MR) is 91.9 cm³/mol. The summed E-state index contributed by atoms with van der Waals surface area (Å²) in [5.74, 6) is 0.122. The second-order valence-electron chi connectivity index (χ2n) is 5.40. The third kappa shape index (κ3) is 2.56. The summed E-state index contributed by atoms with van der Waals surface area (Å²) in [5, 5.41) is 0.592. The lowest BCUT2D eigenvalue weighted by atomic mass is 10.2. The average Bonchev–Trinajstić information content (AvgIpc) is 2.96. The van der Waals surface area contributed by atoms with Crippen molar-refractivity contribution in [3.05, 3.63) is 56.5 Å². The molecule has 3 rings (SSSR count). The standard InChI is InChI=1S/C16H17FN4O2S/c1-4-21-12-13(19(2)16(23)20(3)14(12)22)18-15(21)24-9-10-7-5-6-8-11(10)17/h5-8H,4,9H2,1-3H3. The van der Waals surface area contributed by atoms with Crippen molar-refractivity contribution in [1.82, 2.24) is 18.7 Å². The van der Waals surface area contributed by atoms with Gasteiger partial charge in [-0.1, -0.05) is 30.0 Å². The molecule has 0 atom stereocenters. The Bertz CT molecular complexity index is 1030. The molecule has 0 aliphatic carbocycles. The maximum absolute atomic E-state index is 13.8. The van der Waals surface area contributed by atoms with E-state index in [1.54, 1.807) is 29.8 Å². The number of imidazole rings is 1. The fourth-order valence-corrected chi connectivity index (χ4v) is 3.63. The molecule has 1 aromatic carbocycles. The van der Waals surface area contributed by atoms with Gasteiger partial charge in [-0.2, -0.15) is 0 Å². The molecule has 2 heterocycles. The highest BCUT2D eigenvalue weighted by molar-refractivity contribution is 7.98. The number of hydrogen-bond acceptors (Lipinski definition) is 4. The Morgan fingerprint density at radius 3 is 2.54 bits per heavy atom. The van der Waals surface area contributed by atoms with E-state index in [0.717, 1.165) is 4.57 Å². The van der Waals surface area contributed by atoms with Crippen molar-refractivity contribution in [3.8, 4) is 0 Å². The quantitative estimate of drug-likeness (QED) is 0.676. The fraction of sp³-hybridized carbons (Fsp3) is 0.312. The number of halogens is 1. The summed E-state index contributed by atoms with van der Waals surface area (Å²) >= 11 is 1.34. The van der Waals surface area contributed by atoms with Crippen LogP contribution in [0.1, 0.15) is 12.5 Å². The zero-order valence-electron chi connectivity index (χ0n) is 13.6. The topological polar surface area (TPSA) is 61.8 Å². The number of nitrogens with zero attached hydrogens (tertiary/aromatic N) is 4. The van der Waals surface area contributed by atoms with Gasteiger partial charge in [-0.3, -0.25) is 13.9 Å². The number of fused-ring (bicyclic) bond motifs is 1. The summed E-state index contributed by atoms with van der Waals surface area (Å²) in [6, 6.07) is 6.56. The van der Waals surface area contributed by atoms with E-state index in [-0.39, 0.29) is 11.4 Å². The first-order chi connectivity index (χ1) is 11.5. The predicted octanol–water partition coefficient (Wildman–Crippen LogP) is 1.88. The Kier molecular flexibility index (Phi) is 4.31. The van der Waals surface area contributed by atoms with Gasteiger partial charge in [0.05, 0.1) is 0 Å². The second-order valence-corrected chi connectivity index (χ2v) is 6.34. The van der Waals surface area contributed by atoms with Crippen molar-refractivity contribution < 1.29 is 4.39 Å². The molecule has 126 valence electrons. The van der Waals surface area contributed by atoms with Crippen molar-refractivity contribution in [2.75, 3.05) is 0 Å². The van der Waals surface area contributed by atoms with Crippen molar-refractivity contribution in [3.63, 3.8) is 0 Å². The summed E-state index contributed by atoms with van der Waals surface area (Å²) < 4.78 is 18.0. The van der Waals surface area contributed by atoms with Gasteiger partial charge in [0.25, 0.3) is 5.56 Å². The lowest BCUT2D eigenvalue weighted by Gasteiger charge is -2.06. The molecule has 0 unspecified atom stereocenters. The third-order valence-electron chi connectivity index (χ3n) is 3.94. The normalized spacial score (nSPS) is 11.3. The summed E-state index contributed by atoms with van der Waals surface area (Å²) in [7, 11) is 3.03. The second kappa shape index (κ2) is 6.27. The summed E-state index contributed by atoms with van der Waals surface area (Å²) in [5.41, 5.74) is 0.511. The van der Waals surface area contributed by atoms with Crippen molar-refractivity contribution >= 4 is 22.9 Å². The van der Waals surface area contributed by atoms with E-state index in [0.29, 0.717) is 34.2 Å². The molecule has 0 aliphatic heterocycles. The van der Waals surface area contributed by atoms with Crippen LogP contribution >= 0.6 is 11.8 Å². The number of aryl methyl sites for hydroxylation is 2. The number of benzene rings is 1. The minimum absolute atomic E-state index is 0.271. The van der Waals surface area contributed by atoms with Crippen molar-refractivity contribution in [2.24, 2.45) is 14.1 Å². The van der Waals surface area contributed by atoms with Gasteiger partial charge in [0.1, 0.15) is 5.82 Å². The largest absolute Gasteiger partial charge is 0.332 e. The van der Waals surface area contributed by atoms with Crippen LogP contribution in [-0.4, -0.2) is 18.7 Å². The molecule has 8 heteroatoms. The summed E-state index contributed by atoms with van der Waals surface area (Å²) in [6.07, 6.45) is 0. The average molecular weight is 348 g/mol. The van der Waals surface area contributed by atoms with Crippen molar-refractivity contribution in [1.29, 1.82) is 0 Å². The maximum atomic E-state index is 13.8.